The molecule has 0 aliphatic carbocycles. The van der Waals surface area contributed by atoms with Crippen LogP contribution in [0.4, 0.5) is 8.78 Å². The third-order valence-electron chi connectivity index (χ3n) is 2.03. The van der Waals surface area contributed by atoms with Crippen LogP contribution in [0.3, 0.4) is 0 Å². The van der Waals surface area contributed by atoms with Gasteiger partial charge in [0.05, 0.1) is 18.2 Å². The molecule has 0 radical (unpaired) electrons. The number of aryl methyl sites for hydroxylation is 1. The number of nitrogens with zero attached hydrogens (tertiary/aromatic N) is 1. The Labute approximate surface area is 85.5 Å². The van der Waals surface area contributed by atoms with E-state index in [1.54, 1.807) is 6.92 Å². The summed E-state index contributed by atoms with van der Waals surface area (Å²) >= 11 is 5.48. The highest BCUT2D eigenvalue weighted by Crippen LogP contribution is 2.28. The lowest BCUT2D eigenvalue weighted by Gasteiger charge is -2.12. The lowest BCUT2D eigenvalue weighted by atomic mass is 10.0. The Hall–Kier alpha value is -0.740. The van der Waals surface area contributed by atoms with Gasteiger partial charge in [-0.3, -0.25) is 4.98 Å². The summed E-state index contributed by atoms with van der Waals surface area (Å²) in [5.41, 5.74) is 0.682. The standard InChI is InChI=1S/C9H10ClF2NO/c1-5-3-13-7(2-10)8(9(11)12)6(5)4-14/h3,9,14H,2,4H2,1H3. The van der Waals surface area contributed by atoms with Crippen molar-refractivity contribution in [3.8, 4) is 0 Å². The predicted octanol–water partition coefficient (Wildman–Crippen LogP) is 2.56. The van der Waals surface area contributed by atoms with Gasteiger partial charge in [-0.1, -0.05) is 0 Å². The van der Waals surface area contributed by atoms with Gasteiger partial charge in [-0.2, -0.15) is 0 Å². The maximum Gasteiger partial charge on any atom is 0.266 e. The first-order valence-corrected chi connectivity index (χ1v) is 4.57. The van der Waals surface area contributed by atoms with Gasteiger partial charge in [0.2, 0.25) is 0 Å². The molecule has 78 valence electrons. The van der Waals surface area contributed by atoms with Gasteiger partial charge in [0.15, 0.2) is 0 Å². The maximum atomic E-state index is 12.6. The molecule has 0 bridgehead atoms. The number of rotatable bonds is 3. The lowest BCUT2D eigenvalue weighted by Crippen LogP contribution is -2.04. The number of halogens is 3. The van der Waals surface area contributed by atoms with Crippen molar-refractivity contribution in [2.75, 3.05) is 0 Å². The molecule has 0 saturated heterocycles. The first-order chi connectivity index (χ1) is 6.61. The summed E-state index contributed by atoms with van der Waals surface area (Å²) in [5, 5.41) is 8.96. The molecule has 1 N–H and O–H groups in total. The van der Waals surface area contributed by atoms with Gasteiger partial charge in [0.1, 0.15) is 0 Å². The molecule has 5 heteroatoms. The molecule has 0 aliphatic heterocycles. The first kappa shape index (κ1) is 11.3. The zero-order valence-corrected chi connectivity index (χ0v) is 8.35. The zero-order chi connectivity index (χ0) is 10.7. The Balaban J connectivity index is 3.36. The Morgan fingerprint density at radius 3 is 2.64 bits per heavy atom. The van der Waals surface area contributed by atoms with Crippen molar-refractivity contribution >= 4 is 11.6 Å². The van der Waals surface area contributed by atoms with Gasteiger partial charge in [-0.15, -0.1) is 11.6 Å². The molecule has 0 aromatic carbocycles. The normalized spacial score (nSPS) is 11.0. The average molecular weight is 222 g/mol. The van der Waals surface area contributed by atoms with Crippen LogP contribution in [0.15, 0.2) is 6.20 Å². The van der Waals surface area contributed by atoms with E-state index in [9.17, 15) is 8.78 Å². The van der Waals surface area contributed by atoms with Crippen molar-refractivity contribution in [3.05, 3.63) is 28.6 Å². The first-order valence-electron chi connectivity index (χ1n) is 4.04. The minimum absolute atomic E-state index is 0.0764. The highest BCUT2D eigenvalue weighted by atomic mass is 35.5. The Morgan fingerprint density at radius 1 is 1.57 bits per heavy atom. The van der Waals surface area contributed by atoms with Gasteiger partial charge in [-0.25, -0.2) is 8.78 Å². The van der Waals surface area contributed by atoms with Crippen LogP contribution in [0.1, 0.15) is 28.8 Å². The summed E-state index contributed by atoms with van der Waals surface area (Å²) in [6, 6.07) is 0. The predicted molar refractivity (Wildman–Crippen MR) is 49.4 cm³/mol. The van der Waals surface area contributed by atoms with Gasteiger partial charge in [0, 0.05) is 11.8 Å². The molecule has 0 saturated carbocycles. The van der Waals surface area contributed by atoms with E-state index in [2.05, 4.69) is 4.98 Å². The third-order valence-corrected chi connectivity index (χ3v) is 2.28. The number of aromatic nitrogens is 1. The third kappa shape index (κ3) is 2.01. The van der Waals surface area contributed by atoms with E-state index >= 15 is 0 Å². The van der Waals surface area contributed by atoms with E-state index in [-0.39, 0.29) is 22.7 Å². The fraction of sp³-hybridized carbons (Fsp3) is 0.444. The van der Waals surface area contributed by atoms with Crippen LogP contribution in [0.25, 0.3) is 0 Å². The van der Waals surface area contributed by atoms with Gasteiger partial charge in [-0.05, 0) is 18.1 Å². The molecule has 0 fully saturated rings. The molecule has 0 amide bonds. The second-order valence-corrected chi connectivity index (χ2v) is 3.14. The summed E-state index contributed by atoms with van der Waals surface area (Å²) < 4.78 is 25.3. The van der Waals surface area contributed by atoms with Crippen molar-refractivity contribution in [1.29, 1.82) is 0 Å². The van der Waals surface area contributed by atoms with Gasteiger partial charge in [0.25, 0.3) is 6.43 Å². The monoisotopic (exact) mass is 221 g/mol. The molecule has 0 atom stereocenters. The van der Waals surface area contributed by atoms with Gasteiger partial charge < -0.3 is 5.11 Å². The summed E-state index contributed by atoms with van der Waals surface area (Å²) in [7, 11) is 0. The van der Waals surface area contributed by atoms with E-state index < -0.39 is 13.0 Å². The summed E-state index contributed by atoms with van der Waals surface area (Å²) in [6.07, 6.45) is -1.21. The van der Waals surface area contributed by atoms with Crippen LogP contribution in [0, 0.1) is 6.92 Å². The number of aliphatic hydroxyl groups excluding tert-OH is 1. The van der Waals surface area contributed by atoms with Crippen molar-refractivity contribution in [2.24, 2.45) is 0 Å². The average Bonchev–Trinajstić information content (AvgIpc) is 2.17. The molecule has 1 heterocycles. The largest absolute Gasteiger partial charge is 0.392 e. The Kier molecular flexibility index (Phi) is 3.77. The molecular weight excluding hydrogens is 212 g/mol. The Bertz CT molecular complexity index is 331. The molecule has 0 unspecified atom stereocenters. The van der Waals surface area contributed by atoms with E-state index in [1.165, 1.54) is 6.20 Å². The van der Waals surface area contributed by atoms with Crippen molar-refractivity contribution in [2.45, 2.75) is 25.8 Å². The number of hydrogen-bond donors (Lipinski definition) is 1. The Morgan fingerprint density at radius 2 is 2.21 bits per heavy atom. The smallest absolute Gasteiger partial charge is 0.266 e. The quantitative estimate of drug-likeness (QED) is 0.796. The number of alkyl halides is 3. The maximum absolute atomic E-state index is 12.6. The molecule has 1 aromatic heterocycles. The van der Waals surface area contributed by atoms with Crippen molar-refractivity contribution in [3.63, 3.8) is 0 Å². The summed E-state index contributed by atoms with van der Waals surface area (Å²) in [6.45, 7) is 1.21. The fourth-order valence-corrected chi connectivity index (χ4v) is 1.50. The highest BCUT2D eigenvalue weighted by Gasteiger charge is 2.19. The number of hydrogen-bond acceptors (Lipinski definition) is 2. The van der Waals surface area contributed by atoms with Crippen LogP contribution in [-0.2, 0) is 12.5 Å². The second-order valence-electron chi connectivity index (χ2n) is 2.87. The molecule has 1 aromatic rings. The van der Waals surface area contributed by atoms with Crippen molar-refractivity contribution in [1.82, 2.24) is 4.98 Å². The molecule has 1 rings (SSSR count). The zero-order valence-electron chi connectivity index (χ0n) is 7.60. The lowest BCUT2D eigenvalue weighted by molar-refractivity contribution is 0.145. The molecule has 0 aliphatic rings. The van der Waals surface area contributed by atoms with E-state index in [1.807, 2.05) is 0 Å². The summed E-state index contributed by atoms with van der Waals surface area (Å²) in [5.74, 6) is -0.0764. The topological polar surface area (TPSA) is 33.1 Å². The fourth-order valence-electron chi connectivity index (χ4n) is 1.28. The highest BCUT2D eigenvalue weighted by molar-refractivity contribution is 6.17. The van der Waals surface area contributed by atoms with Crippen LogP contribution in [-0.4, -0.2) is 10.1 Å². The minimum Gasteiger partial charge on any atom is -0.392 e. The van der Waals surface area contributed by atoms with Crippen molar-refractivity contribution < 1.29 is 13.9 Å². The number of pyridine rings is 1. The molecule has 2 nitrogen and oxygen atoms in total. The van der Waals surface area contributed by atoms with E-state index in [0.717, 1.165) is 0 Å². The van der Waals surface area contributed by atoms with Crippen LogP contribution >= 0.6 is 11.6 Å². The molecule has 0 spiro atoms. The van der Waals surface area contributed by atoms with Crippen LogP contribution in [0.5, 0.6) is 0 Å². The molecular formula is C9H10ClF2NO. The van der Waals surface area contributed by atoms with Gasteiger partial charge >= 0.3 is 0 Å². The van der Waals surface area contributed by atoms with E-state index in [0.29, 0.717) is 5.56 Å². The summed E-state index contributed by atoms with van der Waals surface area (Å²) in [4.78, 5) is 3.80. The molecule has 14 heavy (non-hydrogen) atoms. The number of aliphatic hydroxyl groups is 1. The van der Waals surface area contributed by atoms with Crippen LogP contribution < -0.4 is 0 Å². The second kappa shape index (κ2) is 4.66. The van der Waals surface area contributed by atoms with E-state index in [4.69, 9.17) is 16.7 Å². The minimum atomic E-state index is -2.65. The van der Waals surface area contributed by atoms with Crippen LogP contribution in [0.2, 0.25) is 0 Å². The SMILES string of the molecule is Cc1cnc(CCl)c(C(F)F)c1CO.